The molecule has 2 heterocycles. The predicted octanol–water partition coefficient (Wildman–Crippen LogP) is 5.51. The Hall–Kier alpha value is -3.73. The number of rotatable bonds is 5. The van der Waals surface area contributed by atoms with Crippen LogP contribution in [-0.4, -0.2) is 23.4 Å². The number of pyridine rings is 1. The number of benzene rings is 2. The molecule has 34 heavy (non-hydrogen) atoms. The first-order valence-corrected chi connectivity index (χ1v) is 11.6. The van der Waals surface area contributed by atoms with Crippen molar-refractivity contribution in [2.75, 3.05) is 10.0 Å². The van der Waals surface area contributed by atoms with Gasteiger partial charge in [0.05, 0.1) is 16.0 Å². The van der Waals surface area contributed by atoms with E-state index in [0.717, 1.165) is 12.1 Å². The average Bonchev–Trinajstić information content (AvgIpc) is 2.72. The average molecular weight is 488 g/mol. The summed E-state index contributed by atoms with van der Waals surface area (Å²) in [6.07, 6.45) is -4.47. The summed E-state index contributed by atoms with van der Waals surface area (Å²) in [5, 5.41) is 3.64. The normalized spacial score (nSPS) is 12.1. The Bertz CT molecular complexity index is 1470. The molecular weight excluding hydrogens is 467 g/mol. The Morgan fingerprint density at radius 3 is 2.15 bits per heavy atom. The number of nitrogens with zero attached hydrogens (tertiary/aromatic N) is 3. The molecule has 0 saturated heterocycles. The predicted molar refractivity (Wildman–Crippen MR) is 124 cm³/mol. The number of alkyl halides is 3. The molecule has 0 aliphatic rings. The van der Waals surface area contributed by atoms with Crippen molar-refractivity contribution < 1.29 is 21.6 Å². The molecule has 0 aliphatic carbocycles. The van der Waals surface area contributed by atoms with Crippen LogP contribution in [0.2, 0.25) is 0 Å². The summed E-state index contributed by atoms with van der Waals surface area (Å²) in [4.78, 5) is 12.4. The first-order valence-electron chi connectivity index (χ1n) is 10.1. The van der Waals surface area contributed by atoms with Crippen LogP contribution in [0.3, 0.4) is 0 Å². The van der Waals surface area contributed by atoms with Crippen LogP contribution in [0.4, 0.5) is 30.4 Å². The Morgan fingerprint density at radius 2 is 1.50 bits per heavy atom. The smallest absolute Gasteiger partial charge is 0.355 e. The molecule has 7 nitrogen and oxygen atoms in total. The minimum atomic E-state index is -4.47. The second-order valence-electron chi connectivity index (χ2n) is 7.74. The number of anilines is 3. The topological polar surface area (TPSA) is 96.9 Å². The number of aromatic nitrogens is 3. The minimum absolute atomic E-state index is 0.0255. The molecule has 2 aromatic heterocycles. The third kappa shape index (κ3) is 5.09. The van der Waals surface area contributed by atoms with Crippen LogP contribution < -0.4 is 10.0 Å². The Labute approximate surface area is 194 Å². The van der Waals surface area contributed by atoms with Gasteiger partial charge in [0.25, 0.3) is 10.0 Å². The van der Waals surface area contributed by atoms with Crippen LogP contribution in [-0.2, 0) is 16.2 Å². The molecule has 11 heteroatoms. The summed E-state index contributed by atoms with van der Waals surface area (Å²) in [5.41, 5.74) is 1.70. The van der Waals surface area contributed by atoms with E-state index in [2.05, 4.69) is 25.0 Å². The van der Waals surface area contributed by atoms with Crippen molar-refractivity contribution in [3.63, 3.8) is 0 Å². The van der Waals surface area contributed by atoms with E-state index < -0.39 is 21.8 Å². The van der Waals surface area contributed by atoms with Gasteiger partial charge < -0.3 is 5.32 Å². The number of aryl methyl sites for hydroxylation is 3. The van der Waals surface area contributed by atoms with Crippen molar-refractivity contribution in [1.82, 2.24) is 15.0 Å². The first kappa shape index (κ1) is 23.4. The van der Waals surface area contributed by atoms with Gasteiger partial charge in [0.15, 0.2) is 0 Å². The van der Waals surface area contributed by atoms with Crippen LogP contribution >= 0.6 is 0 Å². The van der Waals surface area contributed by atoms with Crippen molar-refractivity contribution in [2.45, 2.75) is 31.8 Å². The molecule has 0 radical (unpaired) electrons. The number of nitrogens with one attached hydrogen (secondary N) is 2. The maximum absolute atomic E-state index is 13.1. The Balaban J connectivity index is 1.60. The van der Waals surface area contributed by atoms with Gasteiger partial charge in [-0.05, 0) is 63.2 Å². The van der Waals surface area contributed by atoms with E-state index in [9.17, 15) is 21.6 Å². The minimum Gasteiger partial charge on any atom is -0.355 e. The van der Waals surface area contributed by atoms with Crippen LogP contribution in [0.25, 0.3) is 10.9 Å². The fourth-order valence-electron chi connectivity index (χ4n) is 3.48. The molecule has 0 bridgehead atoms. The lowest BCUT2D eigenvalue weighted by Crippen LogP contribution is -2.14. The molecular formula is C23H20F3N5O2S. The van der Waals surface area contributed by atoms with Gasteiger partial charge in [-0.25, -0.2) is 18.4 Å². The Morgan fingerprint density at radius 1 is 0.824 bits per heavy atom. The molecule has 0 fully saturated rings. The first-order chi connectivity index (χ1) is 15.9. The fraction of sp³-hybridized carbons (Fsp3) is 0.174. The van der Waals surface area contributed by atoms with Crippen molar-refractivity contribution in [2.24, 2.45) is 0 Å². The van der Waals surface area contributed by atoms with Gasteiger partial charge in [-0.3, -0.25) is 9.71 Å². The van der Waals surface area contributed by atoms with E-state index in [0.29, 0.717) is 34.0 Å². The molecule has 176 valence electrons. The highest BCUT2D eigenvalue weighted by molar-refractivity contribution is 7.92. The van der Waals surface area contributed by atoms with Crippen molar-refractivity contribution in [3.05, 3.63) is 77.4 Å². The summed E-state index contributed by atoms with van der Waals surface area (Å²) in [6.45, 7) is 5.09. The molecule has 0 aliphatic heterocycles. The Kier molecular flexibility index (Phi) is 5.90. The molecule has 0 atom stereocenters. The number of hydrogen-bond donors (Lipinski definition) is 2. The third-order valence-electron chi connectivity index (χ3n) is 4.91. The number of hydrogen-bond acceptors (Lipinski definition) is 6. The zero-order chi connectivity index (χ0) is 24.7. The quantitative estimate of drug-likeness (QED) is 0.385. The highest BCUT2D eigenvalue weighted by atomic mass is 32.2. The third-order valence-corrected chi connectivity index (χ3v) is 6.28. The lowest BCUT2D eigenvalue weighted by Gasteiger charge is -2.14. The molecule has 4 aromatic rings. The molecule has 0 saturated carbocycles. The van der Waals surface area contributed by atoms with Crippen molar-refractivity contribution in [3.8, 4) is 0 Å². The summed E-state index contributed by atoms with van der Waals surface area (Å²) in [5.74, 6) is 0.614. The van der Waals surface area contributed by atoms with Crippen molar-refractivity contribution >= 4 is 38.1 Å². The molecule has 2 N–H and O–H groups in total. The largest absolute Gasteiger partial charge is 0.416 e. The number of halogens is 3. The second-order valence-corrected chi connectivity index (χ2v) is 9.42. The molecule has 4 rings (SSSR count). The van der Waals surface area contributed by atoms with E-state index >= 15 is 0 Å². The van der Waals surface area contributed by atoms with Crippen LogP contribution in [0.5, 0.6) is 0 Å². The molecule has 0 spiro atoms. The van der Waals surface area contributed by atoms with Crippen LogP contribution in [0.15, 0.2) is 59.5 Å². The van der Waals surface area contributed by atoms with E-state index in [1.807, 2.05) is 0 Å². The van der Waals surface area contributed by atoms with Gasteiger partial charge in [0.2, 0.25) is 0 Å². The van der Waals surface area contributed by atoms with Gasteiger partial charge >= 0.3 is 6.18 Å². The monoisotopic (exact) mass is 487 g/mol. The summed E-state index contributed by atoms with van der Waals surface area (Å²) >= 11 is 0. The SMILES string of the molecule is Cc1cc(NS(=O)(=O)c2ccc(Nc3cc(C)nc4cc(C(F)(F)F)ccc34)cc2)nc(C)n1. The van der Waals surface area contributed by atoms with Gasteiger partial charge in [-0.2, -0.15) is 13.2 Å². The molecule has 0 unspecified atom stereocenters. The second kappa shape index (κ2) is 8.56. The van der Waals surface area contributed by atoms with E-state index in [1.165, 1.54) is 24.3 Å². The number of sulfonamides is 1. The standard InChI is InChI=1S/C23H20F3N5O2S/c1-13-10-20(19-9-4-16(23(24,25)26)12-21(19)28-13)30-17-5-7-18(8-6-17)34(32,33)31-22-11-14(2)27-15(3)29-22/h4-12H,1-3H3,(H,28,30)(H,27,29,31). The van der Waals surface area contributed by atoms with E-state index in [-0.39, 0.29) is 16.2 Å². The van der Waals surface area contributed by atoms with Crippen LogP contribution in [0, 0.1) is 20.8 Å². The maximum atomic E-state index is 13.1. The molecule has 0 amide bonds. The number of fused-ring (bicyclic) bond motifs is 1. The van der Waals surface area contributed by atoms with E-state index in [1.54, 1.807) is 39.0 Å². The van der Waals surface area contributed by atoms with Gasteiger partial charge in [-0.15, -0.1) is 0 Å². The van der Waals surface area contributed by atoms with Crippen molar-refractivity contribution in [1.29, 1.82) is 0 Å². The van der Waals surface area contributed by atoms with Gasteiger partial charge in [-0.1, -0.05) is 6.07 Å². The summed E-state index contributed by atoms with van der Waals surface area (Å²) in [7, 11) is -3.88. The fourth-order valence-corrected chi connectivity index (χ4v) is 4.47. The highest BCUT2D eigenvalue weighted by Gasteiger charge is 2.30. The highest BCUT2D eigenvalue weighted by Crippen LogP contribution is 2.34. The lowest BCUT2D eigenvalue weighted by molar-refractivity contribution is -0.137. The lowest BCUT2D eigenvalue weighted by atomic mass is 10.1. The van der Waals surface area contributed by atoms with Gasteiger partial charge in [0.1, 0.15) is 11.6 Å². The molecule has 2 aromatic carbocycles. The summed E-state index contributed by atoms with van der Waals surface area (Å²) < 4.78 is 67.1. The van der Waals surface area contributed by atoms with Crippen LogP contribution in [0.1, 0.15) is 22.8 Å². The zero-order valence-electron chi connectivity index (χ0n) is 18.4. The van der Waals surface area contributed by atoms with E-state index in [4.69, 9.17) is 0 Å². The zero-order valence-corrected chi connectivity index (χ0v) is 19.2. The maximum Gasteiger partial charge on any atom is 0.416 e. The van der Waals surface area contributed by atoms with Gasteiger partial charge in [0, 0.05) is 34.2 Å². The summed E-state index contributed by atoms with van der Waals surface area (Å²) in [6, 6.07) is 12.6.